The molecule has 2 aliphatic heterocycles. The Hall–Kier alpha value is -0.770. The van der Waals surface area contributed by atoms with E-state index in [1.54, 1.807) is 0 Å². The maximum atomic E-state index is 12.1. The highest BCUT2D eigenvalue weighted by molar-refractivity contribution is 5.74. The second-order valence-electron chi connectivity index (χ2n) is 6.31. The first kappa shape index (κ1) is 12.3. The maximum Gasteiger partial charge on any atom is 0.317 e. The van der Waals surface area contributed by atoms with Crippen LogP contribution in [0.2, 0.25) is 0 Å². The third kappa shape index (κ3) is 2.48. The Morgan fingerprint density at radius 3 is 2.33 bits per heavy atom. The van der Waals surface area contributed by atoms with Crippen molar-refractivity contribution in [3.05, 3.63) is 0 Å². The minimum atomic E-state index is 0.184. The van der Waals surface area contributed by atoms with Crippen LogP contribution in [-0.4, -0.2) is 43.2 Å². The molecular weight excluding hydrogens is 226 g/mol. The zero-order valence-corrected chi connectivity index (χ0v) is 11.2. The number of nitrogens with zero attached hydrogens (tertiary/aromatic N) is 1. The number of carbonyl (C=O) groups excluding carboxylic acids is 1. The van der Waals surface area contributed by atoms with E-state index in [9.17, 15) is 4.79 Å². The molecular formula is C14H25N3O. The zero-order chi connectivity index (χ0) is 12.4. The molecule has 2 heterocycles. The lowest BCUT2D eigenvalue weighted by atomic mass is 9.72. The van der Waals surface area contributed by atoms with Crippen molar-refractivity contribution in [2.45, 2.75) is 51.0 Å². The van der Waals surface area contributed by atoms with Crippen molar-refractivity contribution in [3.8, 4) is 0 Å². The summed E-state index contributed by atoms with van der Waals surface area (Å²) < 4.78 is 0. The molecule has 3 fully saturated rings. The van der Waals surface area contributed by atoms with Crippen LogP contribution in [-0.2, 0) is 0 Å². The summed E-state index contributed by atoms with van der Waals surface area (Å²) in [5.74, 6) is 0. The molecule has 0 aromatic heterocycles. The van der Waals surface area contributed by atoms with Gasteiger partial charge in [-0.25, -0.2) is 4.79 Å². The predicted molar refractivity (Wildman–Crippen MR) is 71.5 cm³/mol. The topological polar surface area (TPSA) is 44.4 Å². The number of likely N-dealkylation sites (tertiary alicyclic amines) is 1. The van der Waals surface area contributed by atoms with Crippen molar-refractivity contribution in [1.29, 1.82) is 0 Å². The van der Waals surface area contributed by atoms with E-state index in [4.69, 9.17) is 0 Å². The Balaban J connectivity index is 1.48. The van der Waals surface area contributed by atoms with Crippen LogP contribution in [0.3, 0.4) is 0 Å². The highest BCUT2D eigenvalue weighted by Gasteiger charge is 2.37. The van der Waals surface area contributed by atoms with Crippen molar-refractivity contribution in [1.82, 2.24) is 15.5 Å². The summed E-state index contributed by atoms with van der Waals surface area (Å²) in [5, 5.41) is 6.59. The van der Waals surface area contributed by atoms with Gasteiger partial charge in [0.25, 0.3) is 0 Å². The third-order valence-electron chi connectivity index (χ3n) is 5.21. The summed E-state index contributed by atoms with van der Waals surface area (Å²) in [7, 11) is 0. The van der Waals surface area contributed by atoms with Gasteiger partial charge >= 0.3 is 6.03 Å². The van der Waals surface area contributed by atoms with Gasteiger partial charge in [-0.1, -0.05) is 0 Å². The first-order valence-electron chi connectivity index (χ1n) is 7.54. The minimum Gasteiger partial charge on any atom is -0.335 e. The number of rotatable bonds is 1. The van der Waals surface area contributed by atoms with Crippen molar-refractivity contribution in [2.24, 2.45) is 5.41 Å². The highest BCUT2D eigenvalue weighted by atomic mass is 16.2. The summed E-state index contributed by atoms with van der Waals surface area (Å²) in [6, 6.07) is 0.649. The molecule has 1 spiro atoms. The molecule has 0 radical (unpaired) electrons. The Morgan fingerprint density at radius 1 is 1.11 bits per heavy atom. The fourth-order valence-electron chi connectivity index (χ4n) is 3.46. The molecule has 0 atom stereocenters. The van der Waals surface area contributed by atoms with Crippen LogP contribution in [0.15, 0.2) is 0 Å². The molecule has 18 heavy (non-hydrogen) atoms. The average Bonchev–Trinajstić information content (AvgIpc) is 2.35. The average molecular weight is 251 g/mol. The van der Waals surface area contributed by atoms with Crippen LogP contribution in [0.1, 0.15) is 44.9 Å². The maximum absolute atomic E-state index is 12.1. The van der Waals surface area contributed by atoms with Crippen LogP contribution >= 0.6 is 0 Å². The summed E-state index contributed by atoms with van der Waals surface area (Å²) in [6.07, 6.45) is 8.63. The van der Waals surface area contributed by atoms with Gasteiger partial charge in [-0.3, -0.25) is 0 Å². The van der Waals surface area contributed by atoms with Gasteiger partial charge in [-0.15, -0.1) is 0 Å². The van der Waals surface area contributed by atoms with E-state index in [1.165, 1.54) is 44.9 Å². The van der Waals surface area contributed by atoms with Gasteiger partial charge in [0.1, 0.15) is 0 Å². The van der Waals surface area contributed by atoms with Crippen molar-refractivity contribution >= 4 is 6.03 Å². The van der Waals surface area contributed by atoms with Crippen LogP contribution in [0.5, 0.6) is 0 Å². The molecule has 102 valence electrons. The molecule has 1 aliphatic carbocycles. The highest BCUT2D eigenvalue weighted by Crippen LogP contribution is 2.39. The van der Waals surface area contributed by atoms with Gasteiger partial charge < -0.3 is 15.5 Å². The Labute approximate surface area is 109 Å². The molecule has 2 amide bonds. The molecule has 0 bridgehead atoms. The molecule has 2 N–H and O–H groups in total. The third-order valence-corrected chi connectivity index (χ3v) is 5.21. The number of amides is 2. The molecule has 2 saturated heterocycles. The van der Waals surface area contributed by atoms with Crippen LogP contribution in [0, 0.1) is 5.41 Å². The van der Waals surface area contributed by atoms with Gasteiger partial charge in [0.2, 0.25) is 0 Å². The van der Waals surface area contributed by atoms with E-state index >= 15 is 0 Å². The van der Waals surface area contributed by atoms with Gasteiger partial charge in [-0.2, -0.15) is 0 Å². The number of carbonyl (C=O) groups is 1. The summed E-state index contributed by atoms with van der Waals surface area (Å²) in [6.45, 7) is 4.24. The second kappa shape index (κ2) is 5.08. The van der Waals surface area contributed by atoms with E-state index in [0.717, 1.165) is 26.2 Å². The molecule has 0 aromatic rings. The van der Waals surface area contributed by atoms with E-state index in [0.29, 0.717) is 11.5 Å². The summed E-state index contributed by atoms with van der Waals surface area (Å²) in [4.78, 5) is 14.1. The fraction of sp³-hybridized carbons (Fsp3) is 0.929. The number of urea groups is 1. The molecule has 3 aliphatic rings. The number of hydrogen-bond acceptors (Lipinski definition) is 2. The quantitative estimate of drug-likeness (QED) is 0.745. The number of hydrogen-bond donors (Lipinski definition) is 2. The van der Waals surface area contributed by atoms with Crippen LogP contribution < -0.4 is 10.6 Å². The Bertz CT molecular complexity index is 298. The van der Waals surface area contributed by atoms with Gasteiger partial charge in [0.15, 0.2) is 0 Å². The summed E-state index contributed by atoms with van der Waals surface area (Å²) in [5.41, 5.74) is 0.540. The fourth-order valence-corrected chi connectivity index (χ4v) is 3.46. The van der Waals surface area contributed by atoms with Crippen molar-refractivity contribution < 1.29 is 4.79 Å². The van der Waals surface area contributed by atoms with Crippen molar-refractivity contribution in [2.75, 3.05) is 26.2 Å². The predicted octanol–water partition coefficient (Wildman–Crippen LogP) is 1.71. The first-order chi connectivity index (χ1) is 8.77. The zero-order valence-electron chi connectivity index (χ0n) is 11.2. The molecule has 0 unspecified atom stereocenters. The molecule has 3 rings (SSSR count). The largest absolute Gasteiger partial charge is 0.335 e. The second-order valence-corrected chi connectivity index (χ2v) is 6.31. The van der Waals surface area contributed by atoms with Gasteiger partial charge in [0.05, 0.1) is 0 Å². The molecule has 4 heteroatoms. The standard InChI is InChI=1S/C14H25N3O/c18-13(16-12-2-1-3-12)17-10-6-14(7-11-17)4-8-15-9-5-14/h12,15H,1-11H2,(H,16,18). The number of nitrogens with one attached hydrogen (secondary N) is 2. The van der Waals surface area contributed by atoms with Crippen LogP contribution in [0.4, 0.5) is 4.79 Å². The summed E-state index contributed by atoms with van der Waals surface area (Å²) >= 11 is 0. The molecule has 1 saturated carbocycles. The first-order valence-corrected chi connectivity index (χ1v) is 7.54. The van der Waals surface area contributed by atoms with Gasteiger partial charge in [-0.05, 0) is 63.5 Å². The van der Waals surface area contributed by atoms with E-state index < -0.39 is 0 Å². The lowest BCUT2D eigenvalue weighted by Crippen LogP contribution is -2.52. The van der Waals surface area contributed by atoms with E-state index in [-0.39, 0.29) is 6.03 Å². The SMILES string of the molecule is O=C(NC1CCC1)N1CCC2(CCNCC2)CC1. The Kier molecular flexibility index (Phi) is 3.46. The molecule has 4 nitrogen and oxygen atoms in total. The lowest BCUT2D eigenvalue weighted by Gasteiger charge is -2.44. The monoisotopic (exact) mass is 251 g/mol. The smallest absolute Gasteiger partial charge is 0.317 e. The normalized spacial score (nSPS) is 27.9. The minimum absolute atomic E-state index is 0.184. The van der Waals surface area contributed by atoms with Crippen LogP contribution in [0.25, 0.3) is 0 Å². The van der Waals surface area contributed by atoms with E-state index in [2.05, 4.69) is 10.6 Å². The lowest BCUT2D eigenvalue weighted by molar-refractivity contribution is 0.0853. The van der Waals surface area contributed by atoms with Gasteiger partial charge in [0, 0.05) is 19.1 Å². The van der Waals surface area contributed by atoms with Crippen molar-refractivity contribution in [3.63, 3.8) is 0 Å². The Morgan fingerprint density at radius 2 is 1.78 bits per heavy atom. The molecule has 0 aromatic carbocycles. The van der Waals surface area contributed by atoms with E-state index in [1.807, 2.05) is 4.90 Å². The number of piperidine rings is 2.